The molecule has 0 fully saturated rings. The van der Waals surface area contributed by atoms with Crippen LogP contribution in [0.4, 0.5) is 0 Å². The second-order valence-corrected chi connectivity index (χ2v) is 3.35. The molecule has 0 bridgehead atoms. The number of hydrogen-bond donors (Lipinski definition) is 3. The number of nitrogens with one attached hydrogen (secondary N) is 1. The molecule has 3 N–H and O–H groups in total. The van der Waals surface area contributed by atoms with Crippen LogP contribution in [0.25, 0.3) is 0 Å². The van der Waals surface area contributed by atoms with Crippen molar-refractivity contribution >= 4 is 0 Å². The molecule has 0 spiro atoms. The Morgan fingerprint density at radius 2 is 2.36 bits per heavy atom. The van der Waals surface area contributed by atoms with Crippen molar-refractivity contribution in [3.63, 3.8) is 0 Å². The standard InChI is InChI=1S/C9H17N3O2/c1-7-8(4-11-12(7)2)3-10-5-9(14)6-13/h4,9-10,13-14H,3,5-6H2,1-2H3/t9-/m0/s1. The minimum atomic E-state index is -0.688. The van der Waals surface area contributed by atoms with E-state index in [2.05, 4.69) is 10.4 Å². The molecule has 1 atom stereocenters. The fraction of sp³-hybridized carbons (Fsp3) is 0.667. The molecule has 1 rings (SSSR count). The summed E-state index contributed by atoms with van der Waals surface area (Å²) in [7, 11) is 1.89. The van der Waals surface area contributed by atoms with E-state index in [0.717, 1.165) is 11.3 Å². The summed E-state index contributed by atoms with van der Waals surface area (Å²) in [5.41, 5.74) is 2.22. The van der Waals surface area contributed by atoms with Gasteiger partial charge in [0.05, 0.1) is 18.9 Å². The molecule has 5 heteroatoms. The van der Waals surface area contributed by atoms with Gasteiger partial charge >= 0.3 is 0 Å². The van der Waals surface area contributed by atoms with Crippen molar-refractivity contribution in [1.82, 2.24) is 15.1 Å². The van der Waals surface area contributed by atoms with Crippen LogP contribution in [0.15, 0.2) is 6.20 Å². The molecule has 5 nitrogen and oxygen atoms in total. The second kappa shape index (κ2) is 5.09. The Hall–Kier alpha value is -0.910. The number of aromatic nitrogens is 2. The molecule has 0 aromatic carbocycles. The first-order valence-electron chi connectivity index (χ1n) is 4.62. The minimum absolute atomic E-state index is 0.209. The number of hydrogen-bond acceptors (Lipinski definition) is 4. The first-order valence-corrected chi connectivity index (χ1v) is 4.62. The van der Waals surface area contributed by atoms with E-state index in [1.807, 2.05) is 14.0 Å². The van der Waals surface area contributed by atoms with Gasteiger partial charge in [0, 0.05) is 31.4 Å². The molecule has 0 saturated carbocycles. The number of nitrogens with zero attached hydrogens (tertiary/aromatic N) is 2. The summed E-state index contributed by atoms with van der Waals surface area (Å²) in [6, 6.07) is 0. The van der Waals surface area contributed by atoms with Crippen LogP contribution in [0.3, 0.4) is 0 Å². The zero-order valence-corrected chi connectivity index (χ0v) is 8.56. The summed E-state index contributed by atoms with van der Waals surface area (Å²) in [5, 5.41) is 24.8. The van der Waals surface area contributed by atoms with Crippen molar-refractivity contribution in [2.45, 2.75) is 19.6 Å². The third-order valence-corrected chi connectivity index (χ3v) is 2.24. The second-order valence-electron chi connectivity index (χ2n) is 3.35. The van der Waals surface area contributed by atoms with Gasteiger partial charge in [-0.25, -0.2) is 0 Å². The maximum Gasteiger partial charge on any atom is 0.0895 e. The SMILES string of the molecule is Cc1c(CNC[C@H](O)CO)cnn1C. The molecular weight excluding hydrogens is 182 g/mol. The van der Waals surface area contributed by atoms with Crippen LogP contribution >= 0.6 is 0 Å². The predicted molar refractivity (Wildman–Crippen MR) is 52.7 cm³/mol. The largest absolute Gasteiger partial charge is 0.394 e. The molecule has 80 valence electrons. The highest BCUT2D eigenvalue weighted by Crippen LogP contribution is 2.04. The van der Waals surface area contributed by atoms with E-state index in [-0.39, 0.29) is 6.61 Å². The molecule has 0 unspecified atom stereocenters. The zero-order chi connectivity index (χ0) is 10.6. The lowest BCUT2D eigenvalue weighted by molar-refractivity contribution is 0.0942. The van der Waals surface area contributed by atoms with Crippen molar-refractivity contribution in [3.8, 4) is 0 Å². The van der Waals surface area contributed by atoms with Crippen LogP contribution < -0.4 is 5.32 Å². The highest BCUT2D eigenvalue weighted by Gasteiger charge is 2.04. The molecular formula is C9H17N3O2. The summed E-state index contributed by atoms with van der Waals surface area (Å²) in [6.07, 6.45) is 1.11. The van der Waals surface area contributed by atoms with E-state index in [9.17, 15) is 0 Å². The Bertz CT molecular complexity index is 286. The average Bonchev–Trinajstić information content (AvgIpc) is 2.49. The summed E-state index contributed by atoms with van der Waals surface area (Å²) in [5.74, 6) is 0. The molecule has 14 heavy (non-hydrogen) atoms. The van der Waals surface area contributed by atoms with Gasteiger partial charge in [0.2, 0.25) is 0 Å². The minimum Gasteiger partial charge on any atom is -0.394 e. The number of aliphatic hydroxyl groups is 2. The Morgan fingerprint density at radius 3 is 2.86 bits per heavy atom. The Morgan fingerprint density at radius 1 is 1.64 bits per heavy atom. The molecule has 1 heterocycles. The van der Waals surface area contributed by atoms with E-state index in [4.69, 9.17) is 10.2 Å². The number of aliphatic hydroxyl groups excluding tert-OH is 2. The highest BCUT2D eigenvalue weighted by atomic mass is 16.3. The Labute approximate surface area is 83.4 Å². The normalized spacial score (nSPS) is 13.1. The number of rotatable bonds is 5. The fourth-order valence-corrected chi connectivity index (χ4v) is 1.16. The van der Waals surface area contributed by atoms with Gasteiger partial charge < -0.3 is 15.5 Å². The lowest BCUT2D eigenvalue weighted by atomic mass is 10.2. The first-order chi connectivity index (χ1) is 6.65. The summed E-state index contributed by atoms with van der Waals surface area (Å²) in [4.78, 5) is 0. The third kappa shape index (κ3) is 2.80. The first kappa shape index (κ1) is 11.2. The van der Waals surface area contributed by atoms with Crippen LogP contribution in [0, 0.1) is 6.92 Å². The van der Waals surface area contributed by atoms with E-state index in [1.165, 1.54) is 0 Å². The van der Waals surface area contributed by atoms with Crippen molar-refractivity contribution in [2.24, 2.45) is 7.05 Å². The van der Waals surface area contributed by atoms with Gasteiger partial charge in [-0.1, -0.05) is 0 Å². The van der Waals surface area contributed by atoms with Gasteiger partial charge in [-0.2, -0.15) is 5.10 Å². The van der Waals surface area contributed by atoms with Gasteiger partial charge in [0.25, 0.3) is 0 Å². The molecule has 1 aromatic rings. The quantitative estimate of drug-likeness (QED) is 0.579. The van der Waals surface area contributed by atoms with Gasteiger partial charge in [0.15, 0.2) is 0 Å². The van der Waals surface area contributed by atoms with Crippen LogP contribution in [0.2, 0.25) is 0 Å². The van der Waals surface area contributed by atoms with Gasteiger partial charge in [-0.15, -0.1) is 0 Å². The molecule has 1 aromatic heterocycles. The van der Waals surface area contributed by atoms with Crippen molar-refractivity contribution < 1.29 is 10.2 Å². The maximum absolute atomic E-state index is 9.08. The monoisotopic (exact) mass is 199 g/mol. The van der Waals surface area contributed by atoms with Crippen LogP contribution in [0.5, 0.6) is 0 Å². The van der Waals surface area contributed by atoms with Crippen molar-refractivity contribution in [2.75, 3.05) is 13.2 Å². The molecule has 0 aliphatic rings. The van der Waals surface area contributed by atoms with E-state index >= 15 is 0 Å². The maximum atomic E-state index is 9.08. The topological polar surface area (TPSA) is 70.3 Å². The lowest BCUT2D eigenvalue weighted by Gasteiger charge is -2.08. The molecule has 0 saturated heterocycles. The van der Waals surface area contributed by atoms with Crippen LogP contribution in [0.1, 0.15) is 11.3 Å². The summed E-state index contributed by atoms with van der Waals surface area (Å²) in [6.45, 7) is 2.84. The van der Waals surface area contributed by atoms with Gasteiger partial charge in [0.1, 0.15) is 0 Å². The van der Waals surface area contributed by atoms with Crippen molar-refractivity contribution in [1.29, 1.82) is 0 Å². The molecule has 0 aliphatic carbocycles. The smallest absolute Gasteiger partial charge is 0.0895 e. The molecule has 0 amide bonds. The van der Waals surface area contributed by atoms with Crippen LogP contribution in [-0.4, -0.2) is 39.2 Å². The lowest BCUT2D eigenvalue weighted by Crippen LogP contribution is -2.29. The Kier molecular flexibility index (Phi) is 4.06. The van der Waals surface area contributed by atoms with Gasteiger partial charge in [-0.05, 0) is 6.92 Å². The average molecular weight is 199 g/mol. The van der Waals surface area contributed by atoms with E-state index < -0.39 is 6.10 Å². The summed E-state index contributed by atoms with van der Waals surface area (Å²) >= 11 is 0. The summed E-state index contributed by atoms with van der Waals surface area (Å²) < 4.78 is 1.81. The van der Waals surface area contributed by atoms with E-state index in [0.29, 0.717) is 13.1 Å². The van der Waals surface area contributed by atoms with E-state index in [1.54, 1.807) is 10.9 Å². The van der Waals surface area contributed by atoms with Crippen molar-refractivity contribution in [3.05, 3.63) is 17.5 Å². The number of aryl methyl sites for hydroxylation is 1. The highest BCUT2D eigenvalue weighted by molar-refractivity contribution is 5.15. The predicted octanol–water partition coefficient (Wildman–Crippen LogP) is -0.829. The fourth-order valence-electron chi connectivity index (χ4n) is 1.16. The van der Waals surface area contributed by atoms with Crippen LogP contribution in [-0.2, 0) is 13.6 Å². The zero-order valence-electron chi connectivity index (χ0n) is 8.56. The third-order valence-electron chi connectivity index (χ3n) is 2.24. The van der Waals surface area contributed by atoms with Gasteiger partial charge in [-0.3, -0.25) is 4.68 Å². The Balaban J connectivity index is 2.35. The molecule has 0 radical (unpaired) electrons. The molecule has 0 aliphatic heterocycles.